The lowest BCUT2D eigenvalue weighted by Crippen LogP contribution is -2.40. The van der Waals surface area contributed by atoms with Gasteiger partial charge in [0, 0.05) is 18.1 Å². The van der Waals surface area contributed by atoms with E-state index >= 15 is 0 Å². The molecule has 1 unspecified atom stereocenters. The van der Waals surface area contributed by atoms with Crippen LogP contribution < -0.4 is 15.4 Å². The van der Waals surface area contributed by atoms with Gasteiger partial charge >= 0.3 is 0 Å². The van der Waals surface area contributed by atoms with Crippen molar-refractivity contribution in [3.63, 3.8) is 0 Å². The van der Waals surface area contributed by atoms with E-state index in [2.05, 4.69) is 10.6 Å². The first-order valence-electron chi connectivity index (χ1n) is 7.73. The summed E-state index contributed by atoms with van der Waals surface area (Å²) in [7, 11) is 0. The number of ether oxygens (including phenoxy) is 1. The number of carbonyl (C=O) groups is 2. The number of hydrogen-bond acceptors (Lipinski definition) is 4. The summed E-state index contributed by atoms with van der Waals surface area (Å²) < 4.78 is 5.50. The minimum Gasteiger partial charge on any atom is -0.507 e. The van der Waals surface area contributed by atoms with E-state index in [0.717, 1.165) is 0 Å². The topological polar surface area (TPSA) is 87.7 Å². The molecule has 0 spiro atoms. The van der Waals surface area contributed by atoms with E-state index in [1.165, 1.54) is 12.1 Å². The first-order chi connectivity index (χ1) is 12.0. The summed E-state index contributed by atoms with van der Waals surface area (Å²) in [5.41, 5.74) is 0.188. The zero-order valence-electron chi connectivity index (χ0n) is 13.7. The zero-order valence-corrected chi connectivity index (χ0v) is 14.4. The van der Waals surface area contributed by atoms with Crippen LogP contribution >= 0.6 is 11.6 Å². The summed E-state index contributed by atoms with van der Waals surface area (Å²) in [4.78, 5) is 23.9. The summed E-state index contributed by atoms with van der Waals surface area (Å²) in [6.45, 7) is 2.10. The fourth-order valence-corrected chi connectivity index (χ4v) is 2.16. The van der Waals surface area contributed by atoms with Gasteiger partial charge in [-0.05, 0) is 43.3 Å². The Balaban J connectivity index is 1.72. The number of rotatable bonds is 7. The first-order valence-corrected chi connectivity index (χ1v) is 8.11. The van der Waals surface area contributed by atoms with E-state index in [-0.39, 0.29) is 30.3 Å². The Morgan fingerprint density at radius 3 is 2.40 bits per heavy atom. The molecule has 0 radical (unpaired) electrons. The standard InChI is InChI=1S/C18H19ClN2O4/c1-12(25-14-8-6-13(19)7-9-14)17(23)20-10-11-21-18(24)15-4-2-3-5-16(15)22/h2-9,12,22H,10-11H2,1H3,(H,20,23)(H,21,24). The van der Waals surface area contributed by atoms with Gasteiger partial charge < -0.3 is 20.5 Å². The van der Waals surface area contributed by atoms with E-state index < -0.39 is 12.0 Å². The maximum atomic E-state index is 12.0. The highest BCUT2D eigenvalue weighted by atomic mass is 35.5. The van der Waals surface area contributed by atoms with Crippen molar-refractivity contribution in [3.05, 3.63) is 59.1 Å². The van der Waals surface area contributed by atoms with Gasteiger partial charge in [-0.2, -0.15) is 0 Å². The zero-order chi connectivity index (χ0) is 18.2. The number of benzene rings is 2. The molecule has 25 heavy (non-hydrogen) atoms. The molecule has 1 atom stereocenters. The van der Waals surface area contributed by atoms with E-state index in [9.17, 15) is 14.7 Å². The summed E-state index contributed by atoms with van der Waals surface area (Å²) in [6.07, 6.45) is -0.685. The average Bonchev–Trinajstić information content (AvgIpc) is 2.60. The molecule has 0 bridgehead atoms. The maximum Gasteiger partial charge on any atom is 0.260 e. The number of phenols is 1. The number of nitrogens with one attached hydrogen (secondary N) is 2. The molecular formula is C18H19ClN2O4. The summed E-state index contributed by atoms with van der Waals surface area (Å²) in [6, 6.07) is 13.0. The van der Waals surface area contributed by atoms with Crippen molar-refractivity contribution in [1.29, 1.82) is 0 Å². The van der Waals surface area contributed by atoms with Crippen LogP contribution in [0.4, 0.5) is 0 Å². The van der Waals surface area contributed by atoms with Crippen LogP contribution in [0.2, 0.25) is 5.02 Å². The maximum absolute atomic E-state index is 12.0. The highest BCUT2D eigenvalue weighted by Crippen LogP contribution is 2.17. The Morgan fingerprint density at radius 2 is 1.72 bits per heavy atom. The van der Waals surface area contributed by atoms with E-state index in [1.54, 1.807) is 43.3 Å². The molecule has 0 aliphatic rings. The molecule has 0 heterocycles. The molecule has 0 saturated heterocycles. The molecule has 2 aromatic rings. The summed E-state index contributed by atoms with van der Waals surface area (Å²) >= 11 is 5.79. The molecule has 2 aromatic carbocycles. The van der Waals surface area contributed by atoms with Crippen LogP contribution in [0.5, 0.6) is 11.5 Å². The lowest BCUT2D eigenvalue weighted by atomic mass is 10.2. The Morgan fingerprint density at radius 1 is 1.08 bits per heavy atom. The van der Waals surface area contributed by atoms with Crippen LogP contribution in [0.25, 0.3) is 0 Å². The minimum atomic E-state index is -0.685. The van der Waals surface area contributed by atoms with Crippen molar-refractivity contribution in [2.75, 3.05) is 13.1 Å². The fourth-order valence-electron chi connectivity index (χ4n) is 2.04. The van der Waals surface area contributed by atoms with Crippen LogP contribution in [-0.2, 0) is 4.79 Å². The number of amides is 2. The molecule has 2 amide bonds. The molecule has 3 N–H and O–H groups in total. The fraction of sp³-hybridized carbons (Fsp3) is 0.222. The van der Waals surface area contributed by atoms with Crippen molar-refractivity contribution in [3.8, 4) is 11.5 Å². The molecule has 0 aliphatic heterocycles. The number of aromatic hydroxyl groups is 1. The van der Waals surface area contributed by atoms with Gasteiger partial charge in [0.05, 0.1) is 5.56 Å². The second-order valence-electron chi connectivity index (χ2n) is 5.28. The Hall–Kier alpha value is -2.73. The third-order valence-electron chi connectivity index (χ3n) is 3.35. The molecule has 7 heteroatoms. The Labute approximate surface area is 150 Å². The molecule has 2 rings (SSSR count). The largest absolute Gasteiger partial charge is 0.507 e. The smallest absolute Gasteiger partial charge is 0.260 e. The highest BCUT2D eigenvalue weighted by Gasteiger charge is 2.14. The van der Waals surface area contributed by atoms with Gasteiger partial charge in [-0.25, -0.2) is 0 Å². The van der Waals surface area contributed by atoms with Gasteiger partial charge in [-0.1, -0.05) is 23.7 Å². The SMILES string of the molecule is CC(Oc1ccc(Cl)cc1)C(=O)NCCNC(=O)c1ccccc1O. The van der Waals surface area contributed by atoms with Gasteiger partial charge in [0.25, 0.3) is 11.8 Å². The Bertz CT molecular complexity index is 734. The van der Waals surface area contributed by atoms with Crippen LogP contribution in [0.1, 0.15) is 17.3 Å². The molecule has 132 valence electrons. The normalized spacial score (nSPS) is 11.4. The van der Waals surface area contributed by atoms with Crippen LogP contribution in [0, 0.1) is 0 Å². The van der Waals surface area contributed by atoms with Crippen molar-refractivity contribution in [2.45, 2.75) is 13.0 Å². The number of phenolic OH excluding ortho intramolecular Hbond substituents is 1. The van der Waals surface area contributed by atoms with E-state index in [0.29, 0.717) is 10.8 Å². The van der Waals surface area contributed by atoms with Gasteiger partial charge in [0.1, 0.15) is 11.5 Å². The van der Waals surface area contributed by atoms with Gasteiger partial charge in [0.15, 0.2) is 6.10 Å². The van der Waals surface area contributed by atoms with Crippen LogP contribution in [0.15, 0.2) is 48.5 Å². The predicted octanol–water partition coefficient (Wildman–Crippen LogP) is 2.36. The average molecular weight is 363 g/mol. The molecular weight excluding hydrogens is 344 g/mol. The lowest BCUT2D eigenvalue weighted by Gasteiger charge is -2.15. The summed E-state index contributed by atoms with van der Waals surface area (Å²) in [5, 5.41) is 15.5. The van der Waals surface area contributed by atoms with Crippen molar-refractivity contribution >= 4 is 23.4 Å². The van der Waals surface area contributed by atoms with Gasteiger partial charge in [-0.3, -0.25) is 9.59 Å². The second kappa shape index (κ2) is 8.94. The first kappa shape index (κ1) is 18.6. The molecule has 0 aromatic heterocycles. The monoisotopic (exact) mass is 362 g/mol. The van der Waals surface area contributed by atoms with Crippen molar-refractivity contribution in [2.24, 2.45) is 0 Å². The van der Waals surface area contributed by atoms with Crippen molar-refractivity contribution in [1.82, 2.24) is 10.6 Å². The van der Waals surface area contributed by atoms with Crippen LogP contribution in [0.3, 0.4) is 0 Å². The second-order valence-corrected chi connectivity index (χ2v) is 5.71. The molecule has 6 nitrogen and oxygen atoms in total. The molecule has 0 aliphatic carbocycles. The van der Waals surface area contributed by atoms with Gasteiger partial charge in [-0.15, -0.1) is 0 Å². The van der Waals surface area contributed by atoms with E-state index in [4.69, 9.17) is 16.3 Å². The number of halogens is 1. The Kier molecular flexibility index (Phi) is 6.65. The molecule has 0 saturated carbocycles. The molecule has 0 fully saturated rings. The third-order valence-corrected chi connectivity index (χ3v) is 3.61. The van der Waals surface area contributed by atoms with E-state index in [1.807, 2.05) is 0 Å². The predicted molar refractivity (Wildman–Crippen MR) is 95.0 cm³/mol. The number of para-hydroxylation sites is 1. The quantitative estimate of drug-likeness (QED) is 0.660. The number of hydrogen-bond donors (Lipinski definition) is 3. The number of carbonyl (C=O) groups excluding carboxylic acids is 2. The third kappa shape index (κ3) is 5.69. The highest BCUT2D eigenvalue weighted by molar-refractivity contribution is 6.30. The minimum absolute atomic E-state index is 0.0889. The van der Waals surface area contributed by atoms with Crippen molar-refractivity contribution < 1.29 is 19.4 Å². The van der Waals surface area contributed by atoms with Crippen LogP contribution in [-0.4, -0.2) is 36.1 Å². The summed E-state index contributed by atoms with van der Waals surface area (Å²) in [5.74, 6) is -0.251. The lowest BCUT2D eigenvalue weighted by molar-refractivity contribution is -0.127. The van der Waals surface area contributed by atoms with Gasteiger partial charge in [0.2, 0.25) is 0 Å².